The van der Waals surface area contributed by atoms with Crippen LogP contribution in [-0.4, -0.2) is 44.0 Å². The Morgan fingerprint density at radius 2 is 1.84 bits per heavy atom. The molecule has 0 unspecified atom stereocenters. The van der Waals surface area contributed by atoms with Crippen LogP contribution in [0.2, 0.25) is 0 Å². The lowest BCUT2D eigenvalue weighted by Gasteiger charge is -2.16. The van der Waals surface area contributed by atoms with Crippen LogP contribution in [0.15, 0.2) is 61.2 Å². The fraction of sp³-hybridized carbons (Fsp3) is 0.233. The molecular weight excluding hydrogens is 554 g/mol. The summed E-state index contributed by atoms with van der Waals surface area (Å²) in [6, 6.07) is 10.7. The third-order valence-corrected chi connectivity index (χ3v) is 7.03. The Morgan fingerprint density at radius 1 is 1.05 bits per heavy atom. The van der Waals surface area contributed by atoms with Gasteiger partial charge in [0.1, 0.15) is 23.6 Å². The maximum Gasteiger partial charge on any atom is 0.274 e. The molecule has 0 fully saturated rings. The minimum atomic E-state index is -0.997. The van der Waals surface area contributed by atoms with E-state index in [-0.39, 0.29) is 17.3 Å². The Kier molecular flexibility index (Phi) is 8.71. The average molecular weight is 587 g/mol. The number of hydrogen-bond donors (Lipinski definition) is 5. The van der Waals surface area contributed by atoms with Crippen LogP contribution in [0, 0.1) is 11.6 Å². The SMILES string of the molecule is CNCCCn1cc(-c2ccc(CNc3ncc(N)nc3C(=O)N[C@@H](C)c3ccc(F)c(F)c3)cc2)c2c(N)ncnc21. The van der Waals surface area contributed by atoms with E-state index in [2.05, 4.69) is 46.7 Å². The minimum Gasteiger partial charge on any atom is -0.383 e. The van der Waals surface area contributed by atoms with Crippen molar-refractivity contribution in [2.24, 2.45) is 0 Å². The predicted molar refractivity (Wildman–Crippen MR) is 162 cm³/mol. The molecule has 0 saturated heterocycles. The molecule has 3 aromatic heterocycles. The number of nitrogens with two attached hydrogens (primary N) is 2. The first-order chi connectivity index (χ1) is 20.7. The molecule has 1 amide bonds. The molecule has 7 N–H and O–H groups in total. The molecule has 0 aliphatic rings. The summed E-state index contributed by atoms with van der Waals surface area (Å²) in [7, 11) is 1.92. The van der Waals surface area contributed by atoms with Gasteiger partial charge in [0, 0.05) is 24.8 Å². The third kappa shape index (κ3) is 6.51. The van der Waals surface area contributed by atoms with Gasteiger partial charge in [-0.05, 0) is 55.8 Å². The van der Waals surface area contributed by atoms with Crippen molar-refractivity contribution >= 4 is 34.4 Å². The van der Waals surface area contributed by atoms with E-state index in [1.165, 1.54) is 18.6 Å². The molecule has 0 radical (unpaired) electrons. The van der Waals surface area contributed by atoms with Crippen LogP contribution < -0.4 is 27.4 Å². The second-order valence-corrected chi connectivity index (χ2v) is 10.1. The van der Waals surface area contributed by atoms with Crippen LogP contribution in [0.5, 0.6) is 0 Å². The highest BCUT2D eigenvalue weighted by atomic mass is 19.2. The maximum atomic E-state index is 13.7. The zero-order valence-electron chi connectivity index (χ0n) is 23.7. The van der Waals surface area contributed by atoms with Gasteiger partial charge in [-0.3, -0.25) is 4.79 Å². The summed E-state index contributed by atoms with van der Waals surface area (Å²) < 4.78 is 29.1. The largest absolute Gasteiger partial charge is 0.383 e. The zero-order valence-corrected chi connectivity index (χ0v) is 23.7. The van der Waals surface area contributed by atoms with Crippen molar-refractivity contribution in [1.82, 2.24) is 35.1 Å². The van der Waals surface area contributed by atoms with E-state index in [1.54, 1.807) is 6.92 Å². The van der Waals surface area contributed by atoms with E-state index in [1.807, 2.05) is 31.3 Å². The fourth-order valence-electron chi connectivity index (χ4n) is 4.77. The van der Waals surface area contributed by atoms with E-state index in [0.29, 0.717) is 17.9 Å². The average Bonchev–Trinajstić information content (AvgIpc) is 3.38. The van der Waals surface area contributed by atoms with Crippen molar-refractivity contribution in [3.8, 4) is 11.1 Å². The fourth-order valence-corrected chi connectivity index (χ4v) is 4.77. The highest BCUT2D eigenvalue weighted by Gasteiger charge is 2.20. The molecule has 5 rings (SSSR count). The van der Waals surface area contributed by atoms with Gasteiger partial charge in [0.15, 0.2) is 23.1 Å². The van der Waals surface area contributed by atoms with Gasteiger partial charge in [0.25, 0.3) is 5.91 Å². The number of aromatic nitrogens is 5. The number of nitrogen functional groups attached to an aromatic ring is 2. The number of carbonyl (C=O) groups is 1. The summed E-state index contributed by atoms with van der Waals surface area (Å²) in [5.74, 6) is -1.82. The highest BCUT2D eigenvalue weighted by Crippen LogP contribution is 2.33. The minimum absolute atomic E-state index is 0.0207. The molecule has 11 nitrogen and oxygen atoms in total. The van der Waals surface area contributed by atoms with Crippen molar-refractivity contribution in [2.45, 2.75) is 32.5 Å². The van der Waals surface area contributed by atoms with Crippen LogP contribution in [0.25, 0.3) is 22.2 Å². The van der Waals surface area contributed by atoms with Gasteiger partial charge in [-0.25, -0.2) is 28.7 Å². The first kappa shape index (κ1) is 29.3. The molecule has 3 heterocycles. The van der Waals surface area contributed by atoms with Crippen molar-refractivity contribution in [3.05, 3.63) is 89.6 Å². The lowest BCUT2D eigenvalue weighted by Crippen LogP contribution is -2.29. The Labute approximate surface area is 246 Å². The number of nitrogens with zero attached hydrogens (tertiary/aromatic N) is 5. The van der Waals surface area contributed by atoms with Crippen molar-refractivity contribution in [2.75, 3.05) is 30.4 Å². The number of hydrogen-bond acceptors (Lipinski definition) is 9. The molecule has 43 heavy (non-hydrogen) atoms. The Morgan fingerprint density at radius 3 is 2.58 bits per heavy atom. The number of fused-ring (bicyclic) bond motifs is 1. The number of aryl methyl sites for hydroxylation is 1. The molecule has 5 aromatic rings. The summed E-state index contributed by atoms with van der Waals surface area (Å²) in [5, 5.41) is 9.85. The quantitative estimate of drug-likeness (QED) is 0.144. The molecule has 0 aliphatic carbocycles. The van der Waals surface area contributed by atoms with Crippen LogP contribution in [-0.2, 0) is 13.1 Å². The standard InChI is InChI=1S/C30H32F2N10O/c1-17(20-8-9-22(31)23(32)12-20)40-30(43)26-28(37-14-24(33)41-26)36-13-18-4-6-19(7-5-18)21-15-42(11-3-10-35-2)29-25(21)27(34)38-16-39-29/h4-9,12,14-17,35H,3,10-11,13H2,1-2H3,(H2,33,41)(H,36,37)(H,40,43)(H2,34,38,39)/t17-/m0/s1. The molecule has 0 spiro atoms. The molecule has 13 heteroatoms. The molecule has 222 valence electrons. The number of halogens is 2. The summed E-state index contributed by atoms with van der Waals surface area (Å²) in [6.45, 7) is 3.66. The molecule has 1 atom stereocenters. The second kappa shape index (κ2) is 12.8. The van der Waals surface area contributed by atoms with Crippen LogP contribution in [0.1, 0.15) is 41.0 Å². The van der Waals surface area contributed by atoms with Gasteiger partial charge in [0.05, 0.1) is 17.6 Å². The Hall–Kier alpha value is -5.17. The topological polar surface area (TPSA) is 162 Å². The van der Waals surface area contributed by atoms with Crippen LogP contribution in [0.3, 0.4) is 0 Å². The van der Waals surface area contributed by atoms with Gasteiger partial charge in [0.2, 0.25) is 0 Å². The molecule has 2 aromatic carbocycles. The van der Waals surface area contributed by atoms with Gasteiger partial charge in [-0.2, -0.15) is 0 Å². The summed E-state index contributed by atoms with van der Waals surface area (Å²) in [6.07, 6.45) is 5.81. The first-order valence-electron chi connectivity index (χ1n) is 13.7. The lowest BCUT2D eigenvalue weighted by atomic mass is 10.0. The second-order valence-electron chi connectivity index (χ2n) is 10.1. The molecule has 0 aliphatic heterocycles. The number of carbonyl (C=O) groups excluding carboxylic acids is 1. The van der Waals surface area contributed by atoms with E-state index < -0.39 is 23.6 Å². The van der Waals surface area contributed by atoms with E-state index >= 15 is 0 Å². The maximum absolute atomic E-state index is 13.7. The number of amides is 1. The summed E-state index contributed by atoms with van der Waals surface area (Å²) in [4.78, 5) is 30.2. The molecular formula is C30H32F2N10O. The van der Waals surface area contributed by atoms with Crippen LogP contribution >= 0.6 is 0 Å². The summed E-state index contributed by atoms with van der Waals surface area (Å²) in [5.41, 5.74) is 16.1. The number of anilines is 3. The number of rotatable bonds is 11. The van der Waals surface area contributed by atoms with Gasteiger partial charge >= 0.3 is 0 Å². The predicted octanol–water partition coefficient (Wildman–Crippen LogP) is 4.04. The monoisotopic (exact) mass is 586 g/mol. The third-order valence-electron chi connectivity index (χ3n) is 7.03. The van der Waals surface area contributed by atoms with Crippen molar-refractivity contribution in [1.29, 1.82) is 0 Å². The first-order valence-corrected chi connectivity index (χ1v) is 13.7. The van der Waals surface area contributed by atoms with Crippen molar-refractivity contribution in [3.63, 3.8) is 0 Å². The van der Waals surface area contributed by atoms with Crippen LogP contribution in [0.4, 0.5) is 26.2 Å². The zero-order chi connectivity index (χ0) is 30.5. The Balaban J connectivity index is 1.31. The molecule has 0 saturated carbocycles. The van der Waals surface area contributed by atoms with Gasteiger partial charge in [-0.1, -0.05) is 30.3 Å². The molecule has 0 bridgehead atoms. The van der Waals surface area contributed by atoms with Crippen molar-refractivity contribution < 1.29 is 13.6 Å². The van der Waals surface area contributed by atoms with Gasteiger partial charge in [-0.15, -0.1) is 0 Å². The highest BCUT2D eigenvalue weighted by molar-refractivity contribution is 6.00. The lowest BCUT2D eigenvalue weighted by molar-refractivity contribution is 0.0935. The number of benzene rings is 2. The van der Waals surface area contributed by atoms with E-state index in [0.717, 1.165) is 59.4 Å². The van der Waals surface area contributed by atoms with E-state index in [4.69, 9.17) is 11.5 Å². The Bertz CT molecular complexity index is 1760. The van der Waals surface area contributed by atoms with Gasteiger partial charge < -0.3 is 32.0 Å². The number of nitrogens with one attached hydrogen (secondary N) is 3. The normalized spacial score (nSPS) is 11.9. The summed E-state index contributed by atoms with van der Waals surface area (Å²) >= 11 is 0. The smallest absolute Gasteiger partial charge is 0.274 e. The van der Waals surface area contributed by atoms with E-state index in [9.17, 15) is 13.6 Å².